The SMILES string of the molecule is CN(C)/C=C(\C#N)C(=O)c1cc2cc(OC3CCN(C(=O)OC(C)(C)C)CC3)c(-c3ccccc3C(F)(F)F)cc2[nH]1. The third-order valence-electron chi connectivity index (χ3n) is 6.63. The smallest absolute Gasteiger partial charge is 0.417 e. The van der Waals surface area contributed by atoms with Crippen LogP contribution in [0.1, 0.15) is 49.7 Å². The molecule has 0 saturated carbocycles. The van der Waals surface area contributed by atoms with Crippen LogP contribution in [0.25, 0.3) is 22.0 Å². The van der Waals surface area contributed by atoms with E-state index in [0.29, 0.717) is 36.8 Å². The van der Waals surface area contributed by atoms with E-state index in [1.54, 1.807) is 56.8 Å². The van der Waals surface area contributed by atoms with E-state index in [1.165, 1.54) is 30.5 Å². The van der Waals surface area contributed by atoms with E-state index in [4.69, 9.17) is 9.47 Å². The highest BCUT2D eigenvalue weighted by atomic mass is 19.4. The molecule has 0 atom stereocenters. The summed E-state index contributed by atoms with van der Waals surface area (Å²) in [6, 6.07) is 11.8. The van der Waals surface area contributed by atoms with Gasteiger partial charge >= 0.3 is 12.3 Å². The van der Waals surface area contributed by atoms with Gasteiger partial charge < -0.3 is 24.3 Å². The second-order valence-electron chi connectivity index (χ2n) is 11.4. The summed E-state index contributed by atoms with van der Waals surface area (Å²) in [4.78, 5) is 31.6. The number of alkyl halides is 3. The lowest BCUT2D eigenvalue weighted by atomic mass is 9.97. The molecule has 0 radical (unpaired) electrons. The summed E-state index contributed by atoms with van der Waals surface area (Å²) in [5, 5.41) is 10.0. The van der Waals surface area contributed by atoms with E-state index in [0.717, 1.165) is 6.07 Å². The number of rotatable bonds is 6. The molecule has 4 rings (SSSR count). The summed E-state index contributed by atoms with van der Waals surface area (Å²) in [6.07, 6.45) is -3.10. The van der Waals surface area contributed by atoms with Crippen molar-refractivity contribution in [3.63, 3.8) is 0 Å². The van der Waals surface area contributed by atoms with Crippen LogP contribution in [0.3, 0.4) is 0 Å². The first-order valence-corrected chi connectivity index (χ1v) is 13.5. The number of hydrogen-bond acceptors (Lipinski definition) is 6. The Labute approximate surface area is 242 Å². The number of Topliss-reactive ketones (excluding diaryl/α,β-unsaturated/α-hetero) is 1. The van der Waals surface area contributed by atoms with Crippen LogP contribution < -0.4 is 4.74 Å². The van der Waals surface area contributed by atoms with Crippen molar-refractivity contribution in [2.75, 3.05) is 27.2 Å². The average molecular weight is 583 g/mol. The number of carbonyl (C=O) groups is 2. The van der Waals surface area contributed by atoms with Crippen LogP contribution in [0, 0.1) is 11.3 Å². The van der Waals surface area contributed by atoms with Crippen molar-refractivity contribution < 1.29 is 32.2 Å². The Kier molecular flexibility index (Phi) is 8.57. The number of nitrogens with zero attached hydrogens (tertiary/aromatic N) is 3. The predicted molar refractivity (Wildman–Crippen MR) is 152 cm³/mol. The van der Waals surface area contributed by atoms with Crippen LogP contribution >= 0.6 is 0 Å². The van der Waals surface area contributed by atoms with E-state index < -0.39 is 29.2 Å². The number of amides is 1. The van der Waals surface area contributed by atoms with Crippen molar-refractivity contribution >= 4 is 22.8 Å². The molecule has 222 valence electrons. The number of aromatic nitrogens is 1. The highest BCUT2D eigenvalue weighted by Crippen LogP contribution is 2.42. The van der Waals surface area contributed by atoms with Crippen molar-refractivity contribution in [1.82, 2.24) is 14.8 Å². The van der Waals surface area contributed by atoms with Gasteiger partial charge in [-0.25, -0.2) is 4.79 Å². The molecule has 2 aromatic carbocycles. The number of carbonyl (C=O) groups excluding carboxylic acids is 2. The summed E-state index contributed by atoms with van der Waals surface area (Å²) in [5.74, 6) is -0.325. The van der Waals surface area contributed by atoms with Crippen molar-refractivity contribution in [3.8, 4) is 22.9 Å². The first kappa shape index (κ1) is 30.5. The molecule has 0 aliphatic carbocycles. The lowest BCUT2D eigenvalue weighted by Gasteiger charge is -2.34. The Morgan fingerprint density at radius 3 is 2.33 bits per heavy atom. The molecule has 3 aromatic rings. The number of benzene rings is 2. The van der Waals surface area contributed by atoms with Crippen molar-refractivity contribution in [2.24, 2.45) is 0 Å². The maximum atomic E-state index is 14.0. The number of fused-ring (bicyclic) bond motifs is 1. The lowest BCUT2D eigenvalue weighted by Crippen LogP contribution is -2.44. The van der Waals surface area contributed by atoms with E-state index in [-0.39, 0.29) is 34.2 Å². The van der Waals surface area contributed by atoms with Gasteiger partial charge in [0.05, 0.1) is 11.3 Å². The molecule has 0 spiro atoms. The summed E-state index contributed by atoms with van der Waals surface area (Å²) >= 11 is 0. The standard InChI is InChI=1S/C31H33F3N4O4/c1-30(2,3)42-29(40)38-12-10-21(11-13-38)41-27-15-19-14-26(28(39)20(17-35)18-37(4)5)36-25(19)16-23(27)22-8-6-7-9-24(22)31(32,33)34/h6-9,14-16,18,21,36H,10-13H2,1-5H3/b20-18+. The zero-order valence-corrected chi connectivity index (χ0v) is 24.1. The number of aromatic amines is 1. The van der Waals surface area contributed by atoms with Crippen LogP contribution in [0.4, 0.5) is 18.0 Å². The zero-order chi connectivity index (χ0) is 30.8. The van der Waals surface area contributed by atoms with E-state index >= 15 is 0 Å². The van der Waals surface area contributed by atoms with Crippen LogP contribution in [-0.2, 0) is 10.9 Å². The number of allylic oxidation sites excluding steroid dienone is 1. The third kappa shape index (κ3) is 7.05. The second kappa shape index (κ2) is 11.8. The minimum absolute atomic E-state index is 0.0687. The van der Waals surface area contributed by atoms with Gasteiger partial charge in [-0.05, 0) is 50.6 Å². The van der Waals surface area contributed by atoms with Gasteiger partial charge in [-0.1, -0.05) is 18.2 Å². The van der Waals surface area contributed by atoms with Gasteiger partial charge in [0.2, 0.25) is 5.78 Å². The Hall–Kier alpha value is -4.46. The molecule has 1 aliphatic rings. The molecular weight excluding hydrogens is 549 g/mol. The molecule has 8 nitrogen and oxygen atoms in total. The Morgan fingerprint density at radius 1 is 1.07 bits per heavy atom. The molecule has 1 N–H and O–H groups in total. The van der Waals surface area contributed by atoms with Crippen LogP contribution in [0.2, 0.25) is 0 Å². The molecule has 0 unspecified atom stereocenters. The molecule has 1 amide bonds. The molecule has 0 bridgehead atoms. The number of ether oxygens (including phenoxy) is 2. The number of piperidine rings is 1. The number of hydrogen-bond donors (Lipinski definition) is 1. The number of ketones is 1. The largest absolute Gasteiger partial charge is 0.490 e. The molecule has 2 heterocycles. The van der Waals surface area contributed by atoms with Gasteiger partial charge in [0, 0.05) is 62.7 Å². The van der Waals surface area contributed by atoms with Crippen LogP contribution in [0.15, 0.2) is 54.2 Å². The number of halogens is 3. The van der Waals surface area contributed by atoms with Gasteiger partial charge in [0.15, 0.2) is 0 Å². The second-order valence-corrected chi connectivity index (χ2v) is 11.4. The molecule has 1 fully saturated rings. The Balaban J connectivity index is 1.72. The fraction of sp³-hybridized carbons (Fsp3) is 0.387. The normalized spacial score (nSPS) is 14.9. The number of nitriles is 1. The van der Waals surface area contributed by atoms with Crippen LogP contribution in [0.5, 0.6) is 5.75 Å². The third-order valence-corrected chi connectivity index (χ3v) is 6.63. The van der Waals surface area contributed by atoms with Gasteiger partial charge in [0.1, 0.15) is 29.1 Å². The maximum Gasteiger partial charge on any atom is 0.417 e. The highest BCUT2D eigenvalue weighted by molar-refractivity contribution is 6.12. The molecule has 1 aliphatic heterocycles. The van der Waals surface area contributed by atoms with Gasteiger partial charge in [-0.3, -0.25) is 4.79 Å². The van der Waals surface area contributed by atoms with Crippen LogP contribution in [-0.4, -0.2) is 65.6 Å². The summed E-state index contributed by atoms with van der Waals surface area (Å²) in [7, 11) is 3.36. The molecular formula is C31H33F3N4O4. The minimum atomic E-state index is -4.61. The molecule has 11 heteroatoms. The van der Waals surface area contributed by atoms with E-state index in [2.05, 4.69) is 4.98 Å². The van der Waals surface area contributed by atoms with Gasteiger partial charge in [-0.15, -0.1) is 0 Å². The maximum absolute atomic E-state index is 14.0. The monoisotopic (exact) mass is 582 g/mol. The van der Waals surface area contributed by atoms with Gasteiger partial charge in [0.25, 0.3) is 0 Å². The number of H-pyrrole nitrogens is 1. The first-order valence-electron chi connectivity index (χ1n) is 13.5. The average Bonchev–Trinajstić information content (AvgIpc) is 3.32. The molecule has 1 aromatic heterocycles. The van der Waals surface area contributed by atoms with Crippen molar-refractivity contribution in [3.05, 3.63) is 65.5 Å². The zero-order valence-electron chi connectivity index (χ0n) is 24.1. The quantitative estimate of drug-likeness (QED) is 0.195. The summed E-state index contributed by atoms with van der Waals surface area (Å²) in [6.45, 7) is 6.10. The number of nitrogens with one attached hydrogen (secondary N) is 1. The fourth-order valence-electron chi connectivity index (χ4n) is 4.76. The number of likely N-dealkylation sites (tertiary alicyclic amines) is 1. The topological polar surface area (TPSA) is 98.7 Å². The Morgan fingerprint density at radius 2 is 1.74 bits per heavy atom. The molecule has 42 heavy (non-hydrogen) atoms. The van der Waals surface area contributed by atoms with E-state index in [1.807, 2.05) is 6.07 Å². The van der Waals surface area contributed by atoms with Gasteiger partial charge in [-0.2, -0.15) is 18.4 Å². The molecule has 1 saturated heterocycles. The van der Waals surface area contributed by atoms with Crippen molar-refractivity contribution in [1.29, 1.82) is 5.26 Å². The highest BCUT2D eigenvalue weighted by Gasteiger charge is 2.35. The summed E-state index contributed by atoms with van der Waals surface area (Å²) < 4.78 is 53.9. The predicted octanol–water partition coefficient (Wildman–Crippen LogP) is 6.78. The summed E-state index contributed by atoms with van der Waals surface area (Å²) in [5.41, 5.74) is -0.874. The first-order chi connectivity index (χ1) is 19.7. The Bertz CT molecular complexity index is 1550. The van der Waals surface area contributed by atoms with E-state index in [9.17, 15) is 28.0 Å². The fourth-order valence-corrected chi connectivity index (χ4v) is 4.76. The lowest BCUT2D eigenvalue weighted by molar-refractivity contribution is -0.137. The minimum Gasteiger partial charge on any atom is -0.490 e. The van der Waals surface area contributed by atoms with Crippen molar-refractivity contribution in [2.45, 2.75) is 51.5 Å².